The average molecular weight is 394 g/mol. The summed E-state index contributed by atoms with van der Waals surface area (Å²) in [7, 11) is 0. The van der Waals surface area contributed by atoms with Crippen LogP contribution in [-0.4, -0.2) is 59.2 Å². The number of carbonyl (C=O) groups is 3. The van der Waals surface area contributed by atoms with Gasteiger partial charge in [0.05, 0.1) is 5.92 Å². The molecule has 1 N–H and O–H groups in total. The standard InChI is InChI=1S/C22H39N3O3/c1-5-6-7-8-9-12-23-20(27)17-10-13-24(14-11-17)21(28)18-15-19(26)25(16-18)22(2,3)4/h17-18H,5-16H2,1-4H3,(H,23,27). The number of hydrogen-bond donors (Lipinski definition) is 1. The van der Waals surface area contributed by atoms with E-state index in [1.807, 2.05) is 30.6 Å². The first kappa shape index (κ1) is 22.7. The molecule has 28 heavy (non-hydrogen) atoms. The molecule has 0 aromatic carbocycles. The van der Waals surface area contributed by atoms with Gasteiger partial charge in [-0.1, -0.05) is 32.6 Å². The summed E-state index contributed by atoms with van der Waals surface area (Å²) >= 11 is 0. The van der Waals surface area contributed by atoms with Crippen molar-refractivity contribution in [3.8, 4) is 0 Å². The molecular weight excluding hydrogens is 354 g/mol. The maximum absolute atomic E-state index is 12.8. The minimum atomic E-state index is -0.242. The van der Waals surface area contributed by atoms with Gasteiger partial charge in [0.1, 0.15) is 0 Å². The summed E-state index contributed by atoms with van der Waals surface area (Å²) in [6.07, 6.45) is 7.70. The van der Waals surface area contributed by atoms with Crippen molar-refractivity contribution in [2.75, 3.05) is 26.2 Å². The lowest BCUT2D eigenvalue weighted by Crippen LogP contribution is -2.46. The van der Waals surface area contributed by atoms with E-state index in [0.29, 0.717) is 26.1 Å². The van der Waals surface area contributed by atoms with Crippen molar-refractivity contribution in [3.63, 3.8) is 0 Å². The second kappa shape index (κ2) is 10.3. The zero-order valence-corrected chi connectivity index (χ0v) is 18.3. The van der Waals surface area contributed by atoms with Crippen molar-refractivity contribution in [1.29, 1.82) is 0 Å². The molecular formula is C22H39N3O3. The van der Waals surface area contributed by atoms with E-state index >= 15 is 0 Å². The number of carbonyl (C=O) groups excluding carboxylic acids is 3. The minimum absolute atomic E-state index is 0.0102. The number of hydrogen-bond acceptors (Lipinski definition) is 3. The van der Waals surface area contributed by atoms with E-state index in [2.05, 4.69) is 12.2 Å². The number of likely N-dealkylation sites (tertiary alicyclic amines) is 2. The van der Waals surface area contributed by atoms with Crippen LogP contribution < -0.4 is 5.32 Å². The Morgan fingerprint density at radius 2 is 1.68 bits per heavy atom. The third-order valence-electron chi connectivity index (χ3n) is 6.04. The molecule has 0 radical (unpaired) electrons. The second-order valence-corrected chi connectivity index (χ2v) is 9.38. The van der Waals surface area contributed by atoms with Crippen LogP contribution in [0.4, 0.5) is 0 Å². The summed E-state index contributed by atoms with van der Waals surface area (Å²) in [6.45, 7) is 10.7. The highest BCUT2D eigenvalue weighted by Gasteiger charge is 2.41. The van der Waals surface area contributed by atoms with E-state index in [0.717, 1.165) is 25.8 Å². The summed E-state index contributed by atoms with van der Waals surface area (Å²) in [5, 5.41) is 3.06. The van der Waals surface area contributed by atoms with Crippen molar-refractivity contribution < 1.29 is 14.4 Å². The van der Waals surface area contributed by atoms with Gasteiger partial charge in [-0.05, 0) is 40.0 Å². The molecule has 160 valence electrons. The number of unbranched alkanes of at least 4 members (excludes halogenated alkanes) is 4. The lowest BCUT2D eigenvalue weighted by atomic mass is 9.94. The SMILES string of the molecule is CCCCCCCNC(=O)C1CCN(C(=O)C2CC(=O)N(C(C)(C)C)C2)CC1. The first-order chi connectivity index (χ1) is 13.2. The van der Waals surface area contributed by atoms with Crippen molar-refractivity contribution in [3.05, 3.63) is 0 Å². The third-order valence-corrected chi connectivity index (χ3v) is 6.04. The predicted octanol–water partition coefficient (Wildman–Crippen LogP) is 2.96. The zero-order valence-electron chi connectivity index (χ0n) is 18.3. The van der Waals surface area contributed by atoms with Crippen molar-refractivity contribution in [1.82, 2.24) is 15.1 Å². The largest absolute Gasteiger partial charge is 0.356 e. The molecule has 2 heterocycles. The molecule has 1 unspecified atom stereocenters. The van der Waals surface area contributed by atoms with Gasteiger partial charge >= 0.3 is 0 Å². The van der Waals surface area contributed by atoms with Crippen LogP contribution in [0.2, 0.25) is 0 Å². The van der Waals surface area contributed by atoms with E-state index in [9.17, 15) is 14.4 Å². The number of nitrogens with zero attached hydrogens (tertiary/aromatic N) is 2. The van der Waals surface area contributed by atoms with Crippen LogP contribution in [0.1, 0.15) is 79.1 Å². The average Bonchev–Trinajstić information content (AvgIpc) is 3.06. The molecule has 0 aromatic heterocycles. The minimum Gasteiger partial charge on any atom is -0.356 e. The molecule has 3 amide bonds. The van der Waals surface area contributed by atoms with E-state index < -0.39 is 0 Å². The number of amides is 3. The Kier molecular flexibility index (Phi) is 8.32. The van der Waals surface area contributed by atoms with Gasteiger partial charge in [-0.3, -0.25) is 14.4 Å². The summed E-state index contributed by atoms with van der Waals surface area (Å²) in [5.41, 5.74) is -0.242. The molecule has 2 fully saturated rings. The number of piperidine rings is 1. The Hall–Kier alpha value is -1.59. The normalized spacial score (nSPS) is 21.3. The number of rotatable bonds is 8. The Morgan fingerprint density at radius 1 is 1.04 bits per heavy atom. The summed E-state index contributed by atoms with van der Waals surface area (Å²) in [5.74, 6) is 0.0580. The van der Waals surface area contributed by atoms with E-state index in [1.165, 1.54) is 25.7 Å². The molecule has 0 spiro atoms. The molecule has 2 saturated heterocycles. The maximum atomic E-state index is 12.8. The maximum Gasteiger partial charge on any atom is 0.227 e. The number of nitrogens with one attached hydrogen (secondary N) is 1. The van der Waals surface area contributed by atoms with Crippen LogP contribution in [0.5, 0.6) is 0 Å². The molecule has 0 aliphatic carbocycles. The molecule has 2 rings (SSSR count). The highest BCUT2D eigenvalue weighted by molar-refractivity contribution is 5.90. The van der Waals surface area contributed by atoms with Crippen molar-refractivity contribution >= 4 is 17.7 Å². The molecule has 6 heteroatoms. The Morgan fingerprint density at radius 3 is 2.25 bits per heavy atom. The van der Waals surface area contributed by atoms with Crippen LogP contribution >= 0.6 is 0 Å². The first-order valence-corrected chi connectivity index (χ1v) is 11.1. The second-order valence-electron chi connectivity index (χ2n) is 9.38. The van der Waals surface area contributed by atoms with Crippen molar-refractivity contribution in [2.45, 2.75) is 84.6 Å². The Balaban J connectivity index is 1.71. The van der Waals surface area contributed by atoms with Crippen LogP contribution in [0.3, 0.4) is 0 Å². The quantitative estimate of drug-likeness (QED) is 0.645. The lowest BCUT2D eigenvalue weighted by Gasteiger charge is -2.34. The molecule has 0 bridgehead atoms. The highest BCUT2D eigenvalue weighted by atomic mass is 16.2. The van der Waals surface area contributed by atoms with Gasteiger partial charge in [-0.25, -0.2) is 0 Å². The smallest absolute Gasteiger partial charge is 0.227 e. The molecule has 6 nitrogen and oxygen atoms in total. The van der Waals surface area contributed by atoms with Gasteiger partial charge in [-0.15, -0.1) is 0 Å². The topological polar surface area (TPSA) is 69.7 Å². The van der Waals surface area contributed by atoms with Gasteiger partial charge in [-0.2, -0.15) is 0 Å². The van der Waals surface area contributed by atoms with Gasteiger partial charge in [0.25, 0.3) is 0 Å². The van der Waals surface area contributed by atoms with Gasteiger partial charge in [0.2, 0.25) is 17.7 Å². The van der Waals surface area contributed by atoms with Crippen LogP contribution in [0, 0.1) is 11.8 Å². The summed E-state index contributed by atoms with van der Waals surface area (Å²) < 4.78 is 0. The van der Waals surface area contributed by atoms with Crippen molar-refractivity contribution in [2.24, 2.45) is 11.8 Å². The lowest BCUT2D eigenvalue weighted by molar-refractivity contribution is -0.139. The van der Waals surface area contributed by atoms with Gasteiger partial charge < -0.3 is 15.1 Å². The molecule has 1 atom stereocenters. The van der Waals surface area contributed by atoms with E-state index in [4.69, 9.17) is 0 Å². The molecule has 0 saturated carbocycles. The van der Waals surface area contributed by atoms with E-state index in [1.54, 1.807) is 0 Å². The van der Waals surface area contributed by atoms with Crippen LogP contribution in [0.15, 0.2) is 0 Å². The zero-order chi connectivity index (χ0) is 20.7. The fourth-order valence-corrected chi connectivity index (χ4v) is 4.23. The Labute approximate surface area is 170 Å². The van der Waals surface area contributed by atoms with Gasteiger partial charge in [0.15, 0.2) is 0 Å². The van der Waals surface area contributed by atoms with Crippen LogP contribution in [-0.2, 0) is 14.4 Å². The molecule has 2 aliphatic heterocycles. The molecule has 2 aliphatic rings. The fraction of sp³-hybridized carbons (Fsp3) is 0.864. The fourth-order valence-electron chi connectivity index (χ4n) is 4.23. The summed E-state index contributed by atoms with van der Waals surface area (Å²) in [4.78, 5) is 41.1. The molecule has 0 aromatic rings. The van der Waals surface area contributed by atoms with Crippen LogP contribution in [0.25, 0.3) is 0 Å². The summed E-state index contributed by atoms with van der Waals surface area (Å²) in [6, 6.07) is 0. The first-order valence-electron chi connectivity index (χ1n) is 11.1. The highest BCUT2D eigenvalue weighted by Crippen LogP contribution is 2.28. The predicted molar refractivity (Wildman–Crippen MR) is 111 cm³/mol. The van der Waals surface area contributed by atoms with Gasteiger partial charge in [0, 0.05) is 44.1 Å². The third kappa shape index (κ3) is 6.21. The van der Waals surface area contributed by atoms with E-state index in [-0.39, 0.29) is 35.1 Å². The Bertz CT molecular complexity index is 548. The monoisotopic (exact) mass is 393 g/mol.